The van der Waals surface area contributed by atoms with E-state index in [4.69, 9.17) is 9.47 Å². The first-order chi connectivity index (χ1) is 8.76. The Hall–Kier alpha value is -1.06. The molecule has 0 aliphatic heterocycles. The summed E-state index contributed by atoms with van der Waals surface area (Å²) in [6.45, 7) is 6.91. The second kappa shape index (κ2) is 8.95. The van der Waals surface area contributed by atoms with Gasteiger partial charge in [-0.1, -0.05) is 19.1 Å². The molecule has 0 fully saturated rings. The van der Waals surface area contributed by atoms with Crippen LogP contribution >= 0.6 is 0 Å². The lowest BCUT2D eigenvalue weighted by Gasteiger charge is -2.13. The second-order valence-electron chi connectivity index (χ2n) is 4.50. The third-order valence-electron chi connectivity index (χ3n) is 2.87. The van der Waals surface area contributed by atoms with Crippen LogP contribution in [0.2, 0.25) is 0 Å². The molecule has 1 aromatic carbocycles. The van der Waals surface area contributed by atoms with Gasteiger partial charge in [-0.05, 0) is 44.0 Å². The molecule has 1 rings (SSSR count). The van der Waals surface area contributed by atoms with Crippen molar-refractivity contribution in [2.75, 3.05) is 20.3 Å². The third kappa shape index (κ3) is 6.03. The molecule has 3 heteroatoms. The van der Waals surface area contributed by atoms with E-state index in [2.05, 4.69) is 31.3 Å². The number of nitrogens with one attached hydrogen (secondary N) is 1. The van der Waals surface area contributed by atoms with Crippen molar-refractivity contribution in [1.29, 1.82) is 0 Å². The van der Waals surface area contributed by atoms with Crippen LogP contribution in [0.15, 0.2) is 24.3 Å². The summed E-state index contributed by atoms with van der Waals surface area (Å²) in [4.78, 5) is 0. The lowest BCUT2D eigenvalue weighted by atomic mass is 10.2. The molecule has 0 saturated carbocycles. The van der Waals surface area contributed by atoms with E-state index in [-0.39, 0.29) is 6.10 Å². The van der Waals surface area contributed by atoms with Crippen molar-refractivity contribution in [3.05, 3.63) is 29.8 Å². The fourth-order valence-electron chi connectivity index (χ4n) is 1.58. The zero-order chi connectivity index (χ0) is 13.2. The molecule has 0 unspecified atom stereocenters. The van der Waals surface area contributed by atoms with Crippen LogP contribution in [0.25, 0.3) is 0 Å². The van der Waals surface area contributed by atoms with E-state index in [0.29, 0.717) is 0 Å². The van der Waals surface area contributed by atoms with Crippen LogP contribution < -0.4 is 10.1 Å². The van der Waals surface area contributed by atoms with Crippen LogP contribution in [-0.2, 0) is 11.3 Å². The highest BCUT2D eigenvalue weighted by Crippen LogP contribution is 2.14. The quantitative estimate of drug-likeness (QED) is 0.684. The maximum Gasteiger partial charge on any atom is 0.119 e. The Labute approximate surface area is 110 Å². The topological polar surface area (TPSA) is 30.5 Å². The number of ether oxygens (including phenoxy) is 2. The summed E-state index contributed by atoms with van der Waals surface area (Å²) in [6.07, 6.45) is 2.36. The first-order valence-corrected chi connectivity index (χ1v) is 6.71. The minimum atomic E-state index is 0.281. The molecular formula is C15H25NO2. The van der Waals surface area contributed by atoms with Crippen LogP contribution in [-0.4, -0.2) is 26.4 Å². The van der Waals surface area contributed by atoms with Crippen LogP contribution in [0.3, 0.4) is 0 Å². The summed E-state index contributed by atoms with van der Waals surface area (Å²) >= 11 is 0. The summed E-state index contributed by atoms with van der Waals surface area (Å²) in [5, 5.41) is 3.39. The van der Waals surface area contributed by atoms with Crippen molar-refractivity contribution in [2.45, 2.75) is 39.3 Å². The van der Waals surface area contributed by atoms with Gasteiger partial charge < -0.3 is 14.8 Å². The smallest absolute Gasteiger partial charge is 0.119 e. The zero-order valence-corrected chi connectivity index (χ0v) is 11.7. The molecule has 18 heavy (non-hydrogen) atoms. The molecule has 0 amide bonds. The Balaban J connectivity index is 2.27. The molecule has 102 valence electrons. The van der Waals surface area contributed by atoms with E-state index in [1.165, 1.54) is 5.56 Å². The Bertz CT molecular complexity index is 311. The van der Waals surface area contributed by atoms with Crippen molar-refractivity contribution < 1.29 is 9.47 Å². The predicted molar refractivity (Wildman–Crippen MR) is 75.0 cm³/mol. The van der Waals surface area contributed by atoms with Gasteiger partial charge >= 0.3 is 0 Å². The van der Waals surface area contributed by atoms with Crippen molar-refractivity contribution in [1.82, 2.24) is 5.32 Å². The maximum absolute atomic E-state index is 5.74. The number of rotatable bonds is 9. The van der Waals surface area contributed by atoms with Gasteiger partial charge in [0, 0.05) is 20.3 Å². The minimum absolute atomic E-state index is 0.281. The summed E-state index contributed by atoms with van der Waals surface area (Å²) in [5.41, 5.74) is 1.28. The van der Waals surface area contributed by atoms with E-state index in [0.717, 1.165) is 38.3 Å². The third-order valence-corrected chi connectivity index (χ3v) is 2.87. The normalized spacial score (nSPS) is 12.4. The van der Waals surface area contributed by atoms with Gasteiger partial charge in [-0.3, -0.25) is 0 Å². The summed E-state index contributed by atoms with van der Waals surface area (Å²) in [5.74, 6) is 0.951. The van der Waals surface area contributed by atoms with Crippen molar-refractivity contribution in [2.24, 2.45) is 0 Å². The number of hydrogen-bond acceptors (Lipinski definition) is 3. The zero-order valence-electron chi connectivity index (χ0n) is 11.7. The Morgan fingerprint density at radius 2 is 1.94 bits per heavy atom. The molecule has 0 aromatic heterocycles. The number of hydrogen-bond donors (Lipinski definition) is 1. The molecule has 0 heterocycles. The van der Waals surface area contributed by atoms with Crippen molar-refractivity contribution in [3.63, 3.8) is 0 Å². The maximum atomic E-state index is 5.74. The fraction of sp³-hybridized carbons (Fsp3) is 0.600. The summed E-state index contributed by atoms with van der Waals surface area (Å²) in [7, 11) is 1.73. The molecule has 3 nitrogen and oxygen atoms in total. The van der Waals surface area contributed by atoms with E-state index in [9.17, 15) is 0 Å². The fourth-order valence-corrected chi connectivity index (χ4v) is 1.58. The summed E-state index contributed by atoms with van der Waals surface area (Å²) in [6, 6.07) is 8.30. The van der Waals surface area contributed by atoms with E-state index in [1.54, 1.807) is 7.11 Å². The Morgan fingerprint density at radius 1 is 1.22 bits per heavy atom. The second-order valence-corrected chi connectivity index (χ2v) is 4.50. The van der Waals surface area contributed by atoms with Crippen LogP contribution in [0.4, 0.5) is 0 Å². The van der Waals surface area contributed by atoms with Gasteiger partial charge in [-0.2, -0.15) is 0 Å². The molecular weight excluding hydrogens is 226 g/mol. The number of methoxy groups -OCH3 is 1. The average Bonchev–Trinajstić information content (AvgIpc) is 2.40. The van der Waals surface area contributed by atoms with Crippen LogP contribution in [0.5, 0.6) is 5.75 Å². The molecule has 1 N–H and O–H groups in total. The van der Waals surface area contributed by atoms with Gasteiger partial charge in [0.15, 0.2) is 0 Å². The molecule has 0 saturated heterocycles. The molecule has 0 radical (unpaired) electrons. The number of benzene rings is 1. The lowest BCUT2D eigenvalue weighted by molar-refractivity contribution is 0.194. The lowest BCUT2D eigenvalue weighted by Crippen LogP contribution is -2.16. The van der Waals surface area contributed by atoms with E-state index >= 15 is 0 Å². The standard InChI is InChI=1S/C15H25NO2/c1-4-13(2)18-15-8-6-14(7-9-15)12-16-10-5-11-17-3/h6-9,13,16H,4-5,10-12H2,1-3H3/t13-/m1/s1. The Kier molecular flexibility index (Phi) is 7.46. The molecule has 0 spiro atoms. The summed E-state index contributed by atoms with van der Waals surface area (Å²) < 4.78 is 10.7. The van der Waals surface area contributed by atoms with Crippen molar-refractivity contribution in [3.8, 4) is 5.75 Å². The minimum Gasteiger partial charge on any atom is -0.491 e. The molecule has 0 bridgehead atoms. The van der Waals surface area contributed by atoms with Gasteiger partial charge in [0.05, 0.1) is 6.10 Å². The van der Waals surface area contributed by atoms with Crippen LogP contribution in [0, 0.1) is 0 Å². The van der Waals surface area contributed by atoms with Crippen LogP contribution in [0.1, 0.15) is 32.3 Å². The van der Waals surface area contributed by atoms with Gasteiger partial charge in [0.1, 0.15) is 5.75 Å². The molecule has 1 aromatic rings. The highest BCUT2D eigenvalue weighted by Gasteiger charge is 2.00. The molecule has 1 atom stereocenters. The monoisotopic (exact) mass is 251 g/mol. The van der Waals surface area contributed by atoms with Gasteiger partial charge in [0.25, 0.3) is 0 Å². The first kappa shape index (κ1) is 15.0. The van der Waals surface area contributed by atoms with Gasteiger partial charge in [-0.25, -0.2) is 0 Å². The van der Waals surface area contributed by atoms with E-state index in [1.807, 2.05) is 12.1 Å². The van der Waals surface area contributed by atoms with Crippen molar-refractivity contribution >= 4 is 0 Å². The highest BCUT2D eigenvalue weighted by atomic mass is 16.5. The SMILES string of the molecule is CC[C@@H](C)Oc1ccc(CNCCCOC)cc1. The highest BCUT2D eigenvalue weighted by molar-refractivity contribution is 5.27. The first-order valence-electron chi connectivity index (χ1n) is 6.71. The van der Waals surface area contributed by atoms with Gasteiger partial charge in [0.2, 0.25) is 0 Å². The Morgan fingerprint density at radius 3 is 2.56 bits per heavy atom. The molecule has 0 aliphatic carbocycles. The van der Waals surface area contributed by atoms with Gasteiger partial charge in [-0.15, -0.1) is 0 Å². The molecule has 0 aliphatic rings. The average molecular weight is 251 g/mol. The largest absolute Gasteiger partial charge is 0.491 e. The van der Waals surface area contributed by atoms with E-state index < -0.39 is 0 Å². The predicted octanol–water partition coefficient (Wildman–Crippen LogP) is 2.99.